The number of fused-ring (bicyclic) bond motifs is 1. The number of nitrogens with zero attached hydrogens (tertiary/aromatic N) is 2. The standard InChI is InChI=1S/C31H36N2.C10H14/c1-5-7-8-9-10-12-28-13-11-20-33(28)24(4)29-21-23(3)32-31-19-18-27(22-30(29)31)26-16-14-25(6-2)15-17-26;1-3-4-10-7-5-9(2)6-8-10/h2,14-19,21-22,28H,4-5,7-13,20H2,1,3H3;5-8H,3-4H2,1-2H3. The van der Waals surface area contributed by atoms with E-state index in [9.17, 15) is 0 Å². The van der Waals surface area contributed by atoms with Gasteiger partial charge >= 0.3 is 0 Å². The van der Waals surface area contributed by atoms with Gasteiger partial charge in [0.25, 0.3) is 0 Å². The fourth-order valence-electron chi connectivity index (χ4n) is 6.21. The van der Waals surface area contributed by atoms with E-state index in [4.69, 9.17) is 11.4 Å². The molecule has 2 nitrogen and oxygen atoms in total. The molecule has 1 atom stereocenters. The molecule has 1 aromatic heterocycles. The lowest BCUT2D eigenvalue weighted by molar-refractivity contribution is 0.341. The average molecular weight is 571 g/mol. The zero-order valence-corrected chi connectivity index (χ0v) is 27.0. The van der Waals surface area contributed by atoms with Gasteiger partial charge in [0.05, 0.1) is 5.52 Å². The number of hydrogen-bond acceptors (Lipinski definition) is 2. The summed E-state index contributed by atoms with van der Waals surface area (Å²) in [4.78, 5) is 7.39. The van der Waals surface area contributed by atoms with E-state index in [0.29, 0.717) is 6.04 Å². The molecule has 0 spiro atoms. The molecule has 1 saturated heterocycles. The maximum Gasteiger partial charge on any atom is 0.0712 e. The lowest BCUT2D eigenvalue weighted by Gasteiger charge is -2.29. The molecule has 1 aliphatic heterocycles. The van der Waals surface area contributed by atoms with Crippen LogP contribution in [0.3, 0.4) is 0 Å². The van der Waals surface area contributed by atoms with E-state index in [1.165, 1.54) is 97.4 Å². The molecule has 1 aliphatic rings. The number of hydrogen-bond donors (Lipinski definition) is 0. The fourth-order valence-corrected chi connectivity index (χ4v) is 6.21. The van der Waals surface area contributed by atoms with Crippen molar-refractivity contribution in [3.8, 4) is 23.5 Å². The molecule has 0 N–H and O–H groups in total. The van der Waals surface area contributed by atoms with E-state index in [1.807, 2.05) is 12.1 Å². The van der Waals surface area contributed by atoms with Gasteiger partial charge in [0.15, 0.2) is 0 Å². The summed E-state index contributed by atoms with van der Waals surface area (Å²) >= 11 is 0. The molecule has 224 valence electrons. The first-order valence-electron chi connectivity index (χ1n) is 16.4. The highest BCUT2D eigenvalue weighted by Gasteiger charge is 2.26. The van der Waals surface area contributed by atoms with Crippen molar-refractivity contribution < 1.29 is 0 Å². The van der Waals surface area contributed by atoms with Crippen LogP contribution in [0.1, 0.15) is 99.6 Å². The second-order valence-electron chi connectivity index (χ2n) is 12.1. The Morgan fingerprint density at radius 2 is 1.60 bits per heavy atom. The van der Waals surface area contributed by atoms with E-state index in [2.05, 4.69) is 106 Å². The van der Waals surface area contributed by atoms with Gasteiger partial charge in [-0.1, -0.05) is 113 Å². The molecule has 2 heteroatoms. The van der Waals surface area contributed by atoms with Crippen molar-refractivity contribution in [1.82, 2.24) is 9.88 Å². The molecular weight excluding hydrogens is 520 g/mol. The number of pyridine rings is 1. The lowest BCUT2D eigenvalue weighted by atomic mass is 9.97. The lowest BCUT2D eigenvalue weighted by Crippen LogP contribution is -2.27. The zero-order valence-electron chi connectivity index (χ0n) is 27.0. The van der Waals surface area contributed by atoms with Crippen molar-refractivity contribution >= 4 is 16.6 Å². The number of aromatic nitrogens is 1. The molecule has 3 aromatic carbocycles. The molecule has 1 fully saturated rings. The molecule has 0 aliphatic carbocycles. The van der Waals surface area contributed by atoms with Gasteiger partial charge in [-0.15, -0.1) is 6.42 Å². The van der Waals surface area contributed by atoms with E-state index >= 15 is 0 Å². The minimum atomic E-state index is 0.613. The van der Waals surface area contributed by atoms with Gasteiger partial charge in [0.2, 0.25) is 0 Å². The summed E-state index contributed by atoms with van der Waals surface area (Å²) in [5.74, 6) is 2.70. The second kappa shape index (κ2) is 16.1. The smallest absolute Gasteiger partial charge is 0.0712 e. The Morgan fingerprint density at radius 1 is 0.884 bits per heavy atom. The maximum absolute atomic E-state index is 5.53. The number of aryl methyl sites for hydroxylation is 3. The molecule has 2 heterocycles. The van der Waals surface area contributed by atoms with Crippen molar-refractivity contribution in [2.45, 2.75) is 97.9 Å². The number of unbranched alkanes of at least 4 members (excludes halogenated alkanes) is 4. The molecule has 4 aromatic rings. The molecule has 1 unspecified atom stereocenters. The normalized spacial score (nSPS) is 14.3. The summed E-state index contributed by atoms with van der Waals surface area (Å²) in [5, 5.41) is 1.18. The first-order valence-corrected chi connectivity index (χ1v) is 16.4. The van der Waals surface area contributed by atoms with E-state index in [0.717, 1.165) is 29.0 Å². The number of likely N-dealkylation sites (tertiary alicyclic amines) is 1. The largest absolute Gasteiger partial charge is 0.369 e. The minimum Gasteiger partial charge on any atom is -0.369 e. The third-order valence-corrected chi connectivity index (χ3v) is 8.66. The molecule has 0 amide bonds. The summed E-state index contributed by atoms with van der Waals surface area (Å²) in [6.45, 7) is 14.4. The van der Waals surface area contributed by atoms with Crippen LogP contribution in [0, 0.1) is 26.2 Å². The summed E-state index contributed by atoms with van der Waals surface area (Å²) in [6, 6.07) is 26.3. The fraction of sp³-hybridized carbons (Fsp3) is 0.390. The first-order chi connectivity index (χ1) is 20.9. The number of rotatable bonds is 11. The Kier molecular flexibility index (Phi) is 12.0. The second-order valence-corrected chi connectivity index (χ2v) is 12.1. The molecule has 0 bridgehead atoms. The third kappa shape index (κ3) is 8.84. The van der Waals surface area contributed by atoms with Gasteiger partial charge < -0.3 is 4.90 Å². The van der Waals surface area contributed by atoms with Gasteiger partial charge in [-0.2, -0.15) is 0 Å². The van der Waals surface area contributed by atoms with Crippen LogP contribution in [-0.4, -0.2) is 22.5 Å². The Balaban J connectivity index is 0.000000359. The van der Waals surface area contributed by atoms with Crippen LogP contribution in [0.5, 0.6) is 0 Å². The van der Waals surface area contributed by atoms with Gasteiger partial charge in [0, 0.05) is 40.5 Å². The Labute approximate surface area is 261 Å². The van der Waals surface area contributed by atoms with Crippen LogP contribution in [0.15, 0.2) is 79.4 Å². The van der Waals surface area contributed by atoms with Crippen molar-refractivity contribution in [3.05, 3.63) is 107 Å². The zero-order chi connectivity index (χ0) is 30.6. The topological polar surface area (TPSA) is 16.1 Å². The van der Waals surface area contributed by atoms with Crippen LogP contribution >= 0.6 is 0 Å². The predicted octanol–water partition coefficient (Wildman–Crippen LogP) is 10.9. The number of benzene rings is 3. The summed E-state index contributed by atoms with van der Waals surface area (Å²) < 4.78 is 0. The van der Waals surface area contributed by atoms with Gasteiger partial charge in [0.1, 0.15) is 0 Å². The highest BCUT2D eigenvalue weighted by Crippen LogP contribution is 2.35. The van der Waals surface area contributed by atoms with E-state index in [-0.39, 0.29) is 0 Å². The maximum atomic E-state index is 5.53. The van der Waals surface area contributed by atoms with Crippen LogP contribution < -0.4 is 0 Å². The Hall–Kier alpha value is -3.83. The summed E-state index contributed by atoms with van der Waals surface area (Å²) in [7, 11) is 0. The van der Waals surface area contributed by atoms with Crippen LogP contribution in [0.25, 0.3) is 27.7 Å². The van der Waals surface area contributed by atoms with E-state index in [1.54, 1.807) is 0 Å². The van der Waals surface area contributed by atoms with Crippen LogP contribution in [-0.2, 0) is 6.42 Å². The summed E-state index contributed by atoms with van der Waals surface area (Å²) in [6.07, 6.45) is 18.5. The van der Waals surface area contributed by atoms with Crippen LogP contribution in [0.4, 0.5) is 0 Å². The van der Waals surface area contributed by atoms with Crippen molar-refractivity contribution in [3.63, 3.8) is 0 Å². The molecule has 0 saturated carbocycles. The van der Waals surface area contributed by atoms with Crippen molar-refractivity contribution in [2.75, 3.05) is 6.54 Å². The van der Waals surface area contributed by atoms with Crippen molar-refractivity contribution in [2.24, 2.45) is 0 Å². The monoisotopic (exact) mass is 570 g/mol. The van der Waals surface area contributed by atoms with E-state index < -0.39 is 0 Å². The minimum absolute atomic E-state index is 0.613. The van der Waals surface area contributed by atoms with Gasteiger partial charge in [-0.05, 0) is 86.6 Å². The SMILES string of the molecule is C#Cc1ccc(-c2ccc3nc(C)cc(C(=C)N4CCCC4CCCCCCC)c3c2)cc1.CCCc1ccc(C)cc1. The highest BCUT2D eigenvalue weighted by molar-refractivity contribution is 5.94. The predicted molar refractivity (Wildman–Crippen MR) is 187 cm³/mol. The average Bonchev–Trinajstić information content (AvgIpc) is 3.50. The molecule has 43 heavy (non-hydrogen) atoms. The van der Waals surface area contributed by atoms with Crippen molar-refractivity contribution in [1.29, 1.82) is 0 Å². The molecule has 0 radical (unpaired) electrons. The Bertz CT molecular complexity index is 1500. The quantitative estimate of drug-likeness (QED) is 0.132. The number of terminal acetylenes is 1. The molecular formula is C41H50N2. The van der Waals surface area contributed by atoms with Crippen LogP contribution in [0.2, 0.25) is 0 Å². The summed E-state index contributed by atoms with van der Waals surface area (Å²) in [5.41, 5.74) is 10.5. The van der Waals surface area contributed by atoms with Gasteiger partial charge in [-0.25, -0.2) is 0 Å². The third-order valence-electron chi connectivity index (χ3n) is 8.66. The van der Waals surface area contributed by atoms with Gasteiger partial charge in [-0.3, -0.25) is 4.98 Å². The molecule has 5 rings (SSSR count). The highest BCUT2D eigenvalue weighted by atomic mass is 15.2. The Morgan fingerprint density at radius 3 is 2.30 bits per heavy atom. The first kappa shape index (κ1) is 32.1.